The Morgan fingerprint density at radius 2 is 1.92 bits per heavy atom. The van der Waals surface area contributed by atoms with E-state index in [1.165, 1.54) is 12.4 Å². The summed E-state index contributed by atoms with van der Waals surface area (Å²) in [6.07, 6.45) is -2.08. The molecule has 194 valence electrons. The molecule has 0 fully saturated rings. The van der Waals surface area contributed by atoms with Crippen molar-refractivity contribution >= 4 is 27.9 Å². The predicted molar refractivity (Wildman–Crippen MR) is 129 cm³/mol. The van der Waals surface area contributed by atoms with Gasteiger partial charge >= 0.3 is 6.18 Å². The van der Waals surface area contributed by atoms with Crippen LogP contribution in [0, 0.1) is 5.82 Å². The highest BCUT2D eigenvalue weighted by Gasteiger charge is 2.34. The van der Waals surface area contributed by atoms with Gasteiger partial charge in [0.15, 0.2) is 22.7 Å². The highest BCUT2D eigenvalue weighted by Crippen LogP contribution is 2.35. The van der Waals surface area contributed by atoms with E-state index in [1.54, 1.807) is 12.1 Å². The summed E-state index contributed by atoms with van der Waals surface area (Å²) >= 11 is 0. The maximum absolute atomic E-state index is 15.0. The zero-order valence-electron chi connectivity index (χ0n) is 19.6. The van der Waals surface area contributed by atoms with Gasteiger partial charge in [0.1, 0.15) is 12.4 Å². The number of H-pyrrole nitrogens is 1. The molecule has 0 spiro atoms. The molecule has 0 amide bonds. The lowest BCUT2D eigenvalue weighted by atomic mass is 10.1. The Labute approximate surface area is 211 Å². The van der Waals surface area contributed by atoms with E-state index in [1.807, 2.05) is 19.1 Å². The van der Waals surface area contributed by atoms with Crippen molar-refractivity contribution in [3.63, 3.8) is 0 Å². The monoisotopic (exact) mass is 526 g/mol. The minimum Gasteiger partial charge on any atom is -0.485 e. The van der Waals surface area contributed by atoms with Crippen LogP contribution in [-0.4, -0.2) is 43.5 Å². The molecule has 0 saturated heterocycles. The third-order valence-corrected chi connectivity index (χ3v) is 6.20. The van der Waals surface area contributed by atoms with E-state index < -0.39 is 34.4 Å². The summed E-state index contributed by atoms with van der Waals surface area (Å²) in [5.41, 5.74) is -2.79. The van der Waals surface area contributed by atoms with E-state index in [-0.39, 0.29) is 30.1 Å². The molecule has 0 bridgehead atoms. The van der Waals surface area contributed by atoms with Crippen LogP contribution in [0.4, 0.5) is 23.5 Å². The number of ether oxygens (including phenoxy) is 2. The summed E-state index contributed by atoms with van der Waals surface area (Å²) in [4.78, 5) is 22.0. The Balaban J connectivity index is 1.41. The van der Waals surface area contributed by atoms with E-state index in [4.69, 9.17) is 9.47 Å². The number of benzene rings is 2. The van der Waals surface area contributed by atoms with E-state index in [9.17, 15) is 22.4 Å². The van der Waals surface area contributed by atoms with Crippen LogP contribution in [0.1, 0.15) is 12.5 Å². The SMILES string of the molecule is CC1(CNc2ncc3c4[nH]ncc4c(=O)n(-c4ccc(C(F)(F)F)cc4F)c3n2)COc2ccccc2O1. The van der Waals surface area contributed by atoms with Gasteiger partial charge in [0.05, 0.1) is 40.3 Å². The molecule has 38 heavy (non-hydrogen) atoms. The molecule has 0 aliphatic carbocycles. The van der Waals surface area contributed by atoms with Gasteiger partial charge in [0.2, 0.25) is 5.95 Å². The van der Waals surface area contributed by atoms with E-state index in [0.717, 1.165) is 10.6 Å². The van der Waals surface area contributed by atoms with Crippen molar-refractivity contribution in [2.75, 3.05) is 18.5 Å². The predicted octanol–water partition coefficient (Wildman–Crippen LogP) is 4.46. The topological polar surface area (TPSA) is 107 Å². The lowest BCUT2D eigenvalue weighted by Crippen LogP contribution is -2.47. The number of halogens is 4. The number of anilines is 1. The molecule has 2 N–H and O–H groups in total. The van der Waals surface area contributed by atoms with Crippen molar-refractivity contribution in [1.82, 2.24) is 24.7 Å². The second kappa shape index (κ2) is 8.43. The smallest absolute Gasteiger partial charge is 0.416 e. The number of fused-ring (bicyclic) bond motifs is 4. The molecule has 1 atom stereocenters. The zero-order valence-corrected chi connectivity index (χ0v) is 19.6. The molecule has 1 aliphatic heterocycles. The number of aromatic amines is 1. The summed E-state index contributed by atoms with van der Waals surface area (Å²) < 4.78 is 67.1. The molecular weight excluding hydrogens is 508 g/mol. The molecule has 4 heterocycles. The average Bonchev–Trinajstić information content (AvgIpc) is 3.38. The van der Waals surface area contributed by atoms with Gasteiger partial charge in [0, 0.05) is 6.20 Å². The maximum atomic E-state index is 15.0. The fourth-order valence-corrected chi connectivity index (χ4v) is 4.30. The first-order valence-electron chi connectivity index (χ1n) is 11.4. The summed E-state index contributed by atoms with van der Waals surface area (Å²) in [6, 6.07) is 9.18. The van der Waals surface area contributed by atoms with Crippen LogP contribution < -0.4 is 20.3 Å². The van der Waals surface area contributed by atoms with Crippen LogP contribution in [0.3, 0.4) is 0 Å². The summed E-state index contributed by atoms with van der Waals surface area (Å²) in [6.45, 7) is 2.28. The van der Waals surface area contributed by atoms with Crippen LogP contribution in [0.25, 0.3) is 27.6 Å². The fraction of sp³-hybridized carbons (Fsp3) is 0.200. The molecule has 1 aliphatic rings. The molecule has 3 aromatic heterocycles. The van der Waals surface area contributed by atoms with Crippen molar-refractivity contribution in [2.45, 2.75) is 18.7 Å². The third kappa shape index (κ3) is 3.96. The number of hydrogen-bond acceptors (Lipinski definition) is 7. The Morgan fingerprint density at radius 1 is 1.13 bits per heavy atom. The number of rotatable bonds is 4. The standard InChI is InChI=1S/C25H18F4N6O3/c1-24(12-37-18-4-2-3-5-19(18)38-24)11-31-23-30-9-14-20-15(10-32-34-20)22(36)35(21(14)33-23)17-7-6-13(8-16(17)26)25(27,28)29/h2-10H,11-12H2,1H3,(H,32,34)(H,30,31,33). The van der Waals surface area contributed by atoms with Gasteiger partial charge in [-0.15, -0.1) is 0 Å². The number of nitrogens with one attached hydrogen (secondary N) is 2. The largest absolute Gasteiger partial charge is 0.485 e. The molecule has 13 heteroatoms. The number of hydrogen-bond donors (Lipinski definition) is 2. The van der Waals surface area contributed by atoms with Gasteiger partial charge < -0.3 is 14.8 Å². The quantitative estimate of drug-likeness (QED) is 0.333. The molecular formula is C25H18F4N6O3. The van der Waals surface area contributed by atoms with Crippen molar-refractivity contribution in [3.8, 4) is 17.2 Å². The van der Waals surface area contributed by atoms with E-state index in [2.05, 4.69) is 25.5 Å². The molecule has 0 radical (unpaired) electrons. The molecule has 1 unspecified atom stereocenters. The van der Waals surface area contributed by atoms with Gasteiger partial charge in [0.25, 0.3) is 5.56 Å². The molecule has 2 aromatic carbocycles. The second-order valence-electron chi connectivity index (χ2n) is 9.04. The van der Waals surface area contributed by atoms with E-state index >= 15 is 0 Å². The highest BCUT2D eigenvalue weighted by atomic mass is 19.4. The fourth-order valence-electron chi connectivity index (χ4n) is 4.30. The normalized spacial score (nSPS) is 17.2. The summed E-state index contributed by atoms with van der Waals surface area (Å²) in [5.74, 6) is 0.0486. The Morgan fingerprint density at radius 3 is 2.68 bits per heavy atom. The first kappa shape index (κ1) is 23.7. The lowest BCUT2D eigenvalue weighted by molar-refractivity contribution is -0.137. The summed E-state index contributed by atoms with van der Waals surface area (Å²) in [5, 5.41) is 10.0. The van der Waals surface area contributed by atoms with Crippen molar-refractivity contribution < 1.29 is 27.0 Å². The average molecular weight is 526 g/mol. The highest BCUT2D eigenvalue weighted by molar-refractivity contribution is 6.02. The van der Waals surface area contributed by atoms with Gasteiger partial charge in [-0.2, -0.15) is 23.3 Å². The second-order valence-corrected chi connectivity index (χ2v) is 9.04. The minimum absolute atomic E-state index is 0.0285. The number of alkyl halides is 3. The van der Waals surface area contributed by atoms with Crippen LogP contribution in [-0.2, 0) is 6.18 Å². The third-order valence-electron chi connectivity index (χ3n) is 6.20. The van der Waals surface area contributed by atoms with E-state index in [0.29, 0.717) is 34.5 Å². The summed E-state index contributed by atoms with van der Waals surface area (Å²) in [7, 11) is 0. The first-order chi connectivity index (χ1) is 18.1. The van der Waals surface area contributed by atoms with Crippen LogP contribution in [0.2, 0.25) is 0 Å². The zero-order chi connectivity index (χ0) is 26.7. The number of nitrogens with zero attached hydrogens (tertiary/aromatic N) is 4. The molecule has 9 nitrogen and oxygen atoms in total. The number of aromatic nitrogens is 5. The van der Waals surface area contributed by atoms with Gasteiger partial charge in [-0.25, -0.2) is 9.37 Å². The lowest BCUT2D eigenvalue weighted by Gasteiger charge is -2.35. The Hall–Kier alpha value is -4.68. The number of para-hydroxylation sites is 2. The Kier molecular flexibility index (Phi) is 5.26. The minimum atomic E-state index is -4.75. The van der Waals surface area contributed by atoms with Gasteiger partial charge in [-0.1, -0.05) is 12.1 Å². The number of pyridine rings is 1. The Bertz CT molecular complexity index is 1770. The van der Waals surface area contributed by atoms with Crippen LogP contribution in [0.5, 0.6) is 11.5 Å². The van der Waals surface area contributed by atoms with Crippen LogP contribution >= 0.6 is 0 Å². The van der Waals surface area contributed by atoms with Crippen molar-refractivity contribution in [3.05, 3.63) is 76.6 Å². The maximum Gasteiger partial charge on any atom is 0.416 e. The van der Waals surface area contributed by atoms with Crippen LogP contribution in [0.15, 0.2) is 59.7 Å². The first-order valence-corrected chi connectivity index (χ1v) is 11.4. The van der Waals surface area contributed by atoms with Gasteiger partial charge in [-0.3, -0.25) is 14.5 Å². The molecule has 0 saturated carbocycles. The molecule has 5 aromatic rings. The van der Waals surface area contributed by atoms with Gasteiger partial charge in [-0.05, 0) is 37.3 Å². The van der Waals surface area contributed by atoms with Crippen molar-refractivity contribution in [1.29, 1.82) is 0 Å². The molecule has 6 rings (SSSR count). The van der Waals surface area contributed by atoms with Crippen molar-refractivity contribution in [2.24, 2.45) is 0 Å².